The lowest BCUT2D eigenvalue weighted by Crippen LogP contribution is -2.17. The Morgan fingerprint density at radius 1 is 1.20 bits per heavy atom. The van der Waals surface area contributed by atoms with Crippen molar-refractivity contribution in [3.8, 4) is 11.1 Å². The van der Waals surface area contributed by atoms with Gasteiger partial charge in [0.05, 0.1) is 5.69 Å². The Hall–Kier alpha value is -1.77. The molecule has 0 aliphatic heterocycles. The van der Waals surface area contributed by atoms with Crippen molar-refractivity contribution < 1.29 is 0 Å². The summed E-state index contributed by atoms with van der Waals surface area (Å²) in [5.74, 6) is 0.741. The van der Waals surface area contributed by atoms with Gasteiger partial charge >= 0.3 is 0 Å². The van der Waals surface area contributed by atoms with Gasteiger partial charge in [0.2, 0.25) is 0 Å². The zero-order chi connectivity index (χ0) is 15.1. The normalized spacial score (nSPS) is 11.9. The van der Waals surface area contributed by atoms with E-state index in [0.717, 1.165) is 29.1 Å². The van der Waals surface area contributed by atoms with Crippen molar-refractivity contribution in [2.24, 2.45) is 7.05 Å². The first kappa shape index (κ1) is 14.6. The van der Waals surface area contributed by atoms with E-state index in [1.165, 1.54) is 11.1 Å². The van der Waals surface area contributed by atoms with Gasteiger partial charge in [-0.05, 0) is 37.0 Å². The Kier molecular flexibility index (Phi) is 3.63. The van der Waals surface area contributed by atoms with E-state index in [2.05, 4.69) is 57.9 Å². The third-order valence-electron chi connectivity index (χ3n) is 4.41. The zero-order valence-electron chi connectivity index (χ0n) is 13.4. The van der Waals surface area contributed by atoms with Gasteiger partial charge in [-0.2, -0.15) is 5.10 Å². The molecule has 0 saturated carbocycles. The van der Waals surface area contributed by atoms with Gasteiger partial charge in [0.1, 0.15) is 5.82 Å². The second kappa shape index (κ2) is 4.97. The van der Waals surface area contributed by atoms with Crippen molar-refractivity contribution >= 4 is 5.82 Å². The molecule has 0 saturated heterocycles. The fraction of sp³-hybridized carbons (Fsp3) is 0.471. The maximum Gasteiger partial charge on any atom is 0.129 e. The van der Waals surface area contributed by atoms with Crippen LogP contribution in [0.4, 0.5) is 5.82 Å². The predicted molar refractivity (Wildman–Crippen MR) is 85.8 cm³/mol. The van der Waals surface area contributed by atoms with Gasteiger partial charge in [0.15, 0.2) is 0 Å². The first-order chi connectivity index (χ1) is 9.27. The molecule has 0 spiro atoms. The number of nitrogens with two attached hydrogens (primary N) is 1. The molecule has 0 aliphatic rings. The van der Waals surface area contributed by atoms with Gasteiger partial charge in [0, 0.05) is 18.0 Å². The number of aromatic nitrogens is 2. The van der Waals surface area contributed by atoms with Crippen LogP contribution in [0.3, 0.4) is 0 Å². The quantitative estimate of drug-likeness (QED) is 0.917. The second-order valence-corrected chi connectivity index (χ2v) is 6.27. The fourth-order valence-corrected chi connectivity index (χ4v) is 2.36. The van der Waals surface area contributed by atoms with Crippen LogP contribution < -0.4 is 5.73 Å². The molecule has 1 heterocycles. The van der Waals surface area contributed by atoms with E-state index in [9.17, 15) is 0 Å². The van der Waals surface area contributed by atoms with E-state index in [1.54, 1.807) is 4.68 Å². The largest absolute Gasteiger partial charge is 0.383 e. The lowest BCUT2D eigenvalue weighted by molar-refractivity contribution is 0.483. The lowest BCUT2D eigenvalue weighted by atomic mass is 9.82. The zero-order valence-corrected chi connectivity index (χ0v) is 13.4. The van der Waals surface area contributed by atoms with Gasteiger partial charge in [-0.3, -0.25) is 4.68 Å². The van der Waals surface area contributed by atoms with Crippen LogP contribution in [0.5, 0.6) is 0 Å². The highest BCUT2D eigenvalue weighted by molar-refractivity contribution is 5.78. The number of aryl methyl sites for hydroxylation is 3. The van der Waals surface area contributed by atoms with Gasteiger partial charge in [-0.25, -0.2) is 0 Å². The Bertz CT molecular complexity index is 636. The smallest absolute Gasteiger partial charge is 0.129 e. The summed E-state index contributed by atoms with van der Waals surface area (Å²) in [5.41, 5.74) is 12.2. The third-order valence-corrected chi connectivity index (χ3v) is 4.41. The molecule has 2 aromatic rings. The van der Waals surface area contributed by atoms with Crippen LogP contribution in [0.1, 0.15) is 44.0 Å². The maximum absolute atomic E-state index is 6.28. The van der Waals surface area contributed by atoms with Gasteiger partial charge in [-0.1, -0.05) is 39.0 Å². The van der Waals surface area contributed by atoms with Crippen molar-refractivity contribution in [1.29, 1.82) is 0 Å². The second-order valence-electron chi connectivity index (χ2n) is 6.27. The van der Waals surface area contributed by atoms with E-state index in [1.807, 2.05) is 7.05 Å². The molecule has 3 heteroatoms. The number of nitrogen functional groups attached to an aromatic ring is 1. The van der Waals surface area contributed by atoms with Crippen LogP contribution in [-0.2, 0) is 12.5 Å². The summed E-state index contributed by atoms with van der Waals surface area (Å²) >= 11 is 0. The van der Waals surface area contributed by atoms with Crippen LogP contribution in [0.2, 0.25) is 0 Å². The third kappa shape index (κ3) is 2.33. The molecule has 0 aliphatic carbocycles. The average Bonchev–Trinajstić information content (AvgIpc) is 2.70. The Labute approximate surface area is 121 Å². The van der Waals surface area contributed by atoms with Crippen molar-refractivity contribution in [1.82, 2.24) is 9.78 Å². The molecule has 0 unspecified atom stereocenters. The molecule has 2 rings (SSSR count). The molecular weight excluding hydrogens is 246 g/mol. The molecule has 2 N–H and O–H groups in total. The highest BCUT2D eigenvalue weighted by Crippen LogP contribution is 2.38. The first-order valence-electron chi connectivity index (χ1n) is 7.18. The van der Waals surface area contributed by atoms with Crippen LogP contribution >= 0.6 is 0 Å². The number of anilines is 1. The Morgan fingerprint density at radius 2 is 1.85 bits per heavy atom. The summed E-state index contributed by atoms with van der Waals surface area (Å²) in [7, 11) is 1.91. The molecule has 1 aromatic heterocycles. The maximum atomic E-state index is 6.28. The summed E-state index contributed by atoms with van der Waals surface area (Å²) in [5, 5.41) is 4.67. The predicted octanol–water partition coefficient (Wildman–Crippen LogP) is 3.97. The molecule has 3 nitrogen and oxygen atoms in total. The average molecular weight is 271 g/mol. The number of benzene rings is 1. The number of rotatable bonds is 3. The minimum atomic E-state index is 0.0174. The molecule has 1 aromatic carbocycles. The number of hydrogen-bond acceptors (Lipinski definition) is 2. The van der Waals surface area contributed by atoms with Crippen LogP contribution in [0.25, 0.3) is 11.1 Å². The highest BCUT2D eigenvalue weighted by atomic mass is 15.3. The summed E-state index contributed by atoms with van der Waals surface area (Å²) < 4.78 is 1.79. The number of hydrogen-bond donors (Lipinski definition) is 1. The molecule has 20 heavy (non-hydrogen) atoms. The molecule has 0 atom stereocenters. The lowest BCUT2D eigenvalue weighted by Gasteiger charge is -2.22. The standard InChI is InChI=1S/C17H25N3/c1-7-17(4,5)15-14(16(18)20(6)19-15)13-9-8-11(2)12(3)10-13/h8-10H,7,18H2,1-6H3. The summed E-state index contributed by atoms with van der Waals surface area (Å²) in [6.45, 7) is 10.9. The summed E-state index contributed by atoms with van der Waals surface area (Å²) in [4.78, 5) is 0. The van der Waals surface area contributed by atoms with E-state index in [0.29, 0.717) is 0 Å². The van der Waals surface area contributed by atoms with Crippen LogP contribution in [-0.4, -0.2) is 9.78 Å². The first-order valence-corrected chi connectivity index (χ1v) is 7.18. The van der Waals surface area contributed by atoms with Crippen molar-refractivity contribution in [2.45, 2.75) is 46.5 Å². The SMILES string of the molecule is CCC(C)(C)c1nn(C)c(N)c1-c1ccc(C)c(C)c1. The summed E-state index contributed by atoms with van der Waals surface area (Å²) in [6, 6.07) is 6.50. The van der Waals surface area contributed by atoms with E-state index in [-0.39, 0.29) is 5.41 Å². The molecular formula is C17H25N3. The van der Waals surface area contributed by atoms with Crippen molar-refractivity contribution in [3.63, 3.8) is 0 Å². The van der Waals surface area contributed by atoms with E-state index < -0.39 is 0 Å². The Balaban J connectivity index is 2.69. The summed E-state index contributed by atoms with van der Waals surface area (Å²) in [6.07, 6.45) is 1.03. The minimum absolute atomic E-state index is 0.0174. The molecule has 0 bridgehead atoms. The number of nitrogens with zero attached hydrogens (tertiary/aromatic N) is 2. The van der Waals surface area contributed by atoms with E-state index in [4.69, 9.17) is 5.73 Å². The Morgan fingerprint density at radius 3 is 2.40 bits per heavy atom. The minimum Gasteiger partial charge on any atom is -0.383 e. The van der Waals surface area contributed by atoms with Crippen LogP contribution in [0, 0.1) is 13.8 Å². The highest BCUT2D eigenvalue weighted by Gasteiger charge is 2.28. The molecule has 0 radical (unpaired) electrons. The van der Waals surface area contributed by atoms with Gasteiger partial charge in [0.25, 0.3) is 0 Å². The van der Waals surface area contributed by atoms with Crippen LogP contribution in [0.15, 0.2) is 18.2 Å². The topological polar surface area (TPSA) is 43.8 Å². The van der Waals surface area contributed by atoms with Crippen molar-refractivity contribution in [2.75, 3.05) is 5.73 Å². The molecule has 0 fully saturated rings. The molecule has 108 valence electrons. The van der Waals surface area contributed by atoms with Gasteiger partial charge < -0.3 is 5.73 Å². The fourth-order valence-electron chi connectivity index (χ4n) is 2.36. The van der Waals surface area contributed by atoms with Crippen molar-refractivity contribution in [3.05, 3.63) is 35.0 Å². The van der Waals surface area contributed by atoms with Gasteiger partial charge in [-0.15, -0.1) is 0 Å². The monoisotopic (exact) mass is 271 g/mol. The molecule has 0 amide bonds. The van der Waals surface area contributed by atoms with E-state index >= 15 is 0 Å².